The van der Waals surface area contributed by atoms with Gasteiger partial charge in [0.1, 0.15) is 5.82 Å². The first-order chi connectivity index (χ1) is 8.63. The number of hydrogen-bond acceptors (Lipinski definition) is 2. The van der Waals surface area contributed by atoms with Gasteiger partial charge in [-0.05, 0) is 52.1 Å². The number of nitrogens with zero attached hydrogens (tertiary/aromatic N) is 1. The lowest BCUT2D eigenvalue weighted by Gasteiger charge is -2.04. The van der Waals surface area contributed by atoms with Crippen LogP contribution in [0.15, 0.2) is 16.6 Å². The Morgan fingerprint density at radius 3 is 3.00 bits per heavy atom. The molecule has 0 spiro atoms. The third-order valence-corrected chi connectivity index (χ3v) is 4.61. The molecule has 6 heteroatoms. The largest absolute Gasteiger partial charge is 0.331 e. The monoisotopic (exact) mass is 348 g/mol. The number of H-pyrrole nitrogens is 1. The van der Waals surface area contributed by atoms with E-state index in [1.54, 1.807) is 6.07 Å². The first-order valence-corrected chi connectivity index (χ1v) is 8.14. The summed E-state index contributed by atoms with van der Waals surface area (Å²) in [4.78, 5) is 3.11. The number of aryl methyl sites for hydroxylation is 1. The van der Waals surface area contributed by atoms with E-state index in [-0.39, 0.29) is 5.82 Å². The van der Waals surface area contributed by atoms with Crippen molar-refractivity contribution >= 4 is 50.9 Å². The van der Waals surface area contributed by atoms with Crippen LogP contribution in [0.2, 0.25) is 0 Å². The van der Waals surface area contributed by atoms with Crippen LogP contribution in [-0.2, 0) is 6.54 Å². The summed E-state index contributed by atoms with van der Waals surface area (Å²) in [6, 6.07) is 3.26. The van der Waals surface area contributed by atoms with Gasteiger partial charge in [-0.2, -0.15) is 11.8 Å². The number of nitrogens with one attached hydrogen (secondary N) is 1. The molecule has 0 saturated heterocycles. The summed E-state index contributed by atoms with van der Waals surface area (Å²) in [6.07, 6.45) is 1.04. The van der Waals surface area contributed by atoms with Crippen molar-refractivity contribution in [3.05, 3.63) is 27.2 Å². The van der Waals surface area contributed by atoms with Gasteiger partial charge in [-0.3, -0.25) is 0 Å². The van der Waals surface area contributed by atoms with Crippen molar-refractivity contribution in [1.82, 2.24) is 9.55 Å². The van der Waals surface area contributed by atoms with Crippen LogP contribution in [0, 0.1) is 10.6 Å². The van der Waals surface area contributed by atoms with Crippen LogP contribution in [0.3, 0.4) is 0 Å². The van der Waals surface area contributed by atoms with Gasteiger partial charge in [0.05, 0.1) is 15.5 Å². The van der Waals surface area contributed by atoms with Gasteiger partial charge < -0.3 is 9.55 Å². The summed E-state index contributed by atoms with van der Waals surface area (Å²) < 4.78 is 16.7. The van der Waals surface area contributed by atoms with E-state index >= 15 is 0 Å². The van der Waals surface area contributed by atoms with Crippen LogP contribution in [-0.4, -0.2) is 21.1 Å². The summed E-state index contributed by atoms with van der Waals surface area (Å²) in [5.41, 5.74) is 1.71. The van der Waals surface area contributed by atoms with Crippen LogP contribution >= 0.6 is 39.9 Å². The van der Waals surface area contributed by atoms with E-state index in [2.05, 4.69) is 27.8 Å². The molecule has 2 nitrogen and oxygen atoms in total. The molecule has 1 aromatic heterocycles. The maximum Gasteiger partial charge on any atom is 0.178 e. The average Bonchev–Trinajstić information content (AvgIpc) is 2.62. The van der Waals surface area contributed by atoms with E-state index in [0.717, 1.165) is 35.5 Å². The molecule has 0 fully saturated rings. The molecule has 0 amide bonds. The zero-order valence-corrected chi connectivity index (χ0v) is 13.2. The second-order valence-electron chi connectivity index (χ2n) is 3.92. The number of thioether (sulfide) groups is 1. The van der Waals surface area contributed by atoms with Crippen molar-refractivity contribution in [2.24, 2.45) is 0 Å². The zero-order chi connectivity index (χ0) is 13.1. The van der Waals surface area contributed by atoms with Crippen molar-refractivity contribution in [2.75, 3.05) is 11.5 Å². The molecule has 0 atom stereocenters. The van der Waals surface area contributed by atoms with Gasteiger partial charge in [-0.1, -0.05) is 6.92 Å². The van der Waals surface area contributed by atoms with Gasteiger partial charge in [0, 0.05) is 12.6 Å². The molecule has 0 aliphatic heterocycles. The van der Waals surface area contributed by atoms with E-state index in [0.29, 0.717) is 9.24 Å². The quantitative estimate of drug-likeness (QED) is 0.621. The highest BCUT2D eigenvalue weighted by molar-refractivity contribution is 9.10. The molecule has 1 aromatic carbocycles. The summed E-state index contributed by atoms with van der Waals surface area (Å²) in [5.74, 6) is 1.97. The molecular formula is C12H14BrFN2S2. The predicted octanol–water partition coefficient (Wildman–Crippen LogP) is 4.74. The smallest absolute Gasteiger partial charge is 0.178 e. The van der Waals surface area contributed by atoms with Crippen LogP contribution in [0.1, 0.15) is 13.3 Å². The van der Waals surface area contributed by atoms with Crippen molar-refractivity contribution in [3.8, 4) is 0 Å². The third kappa shape index (κ3) is 2.97. The molecule has 0 aliphatic rings. The third-order valence-electron chi connectivity index (χ3n) is 2.69. The highest BCUT2D eigenvalue weighted by Gasteiger charge is 2.08. The van der Waals surface area contributed by atoms with Crippen molar-refractivity contribution in [3.63, 3.8) is 0 Å². The lowest BCUT2D eigenvalue weighted by Crippen LogP contribution is -1.99. The number of rotatable bonds is 5. The van der Waals surface area contributed by atoms with Gasteiger partial charge in [0.2, 0.25) is 0 Å². The highest BCUT2D eigenvalue weighted by Crippen LogP contribution is 2.23. The molecule has 98 valence electrons. The minimum absolute atomic E-state index is 0.256. The van der Waals surface area contributed by atoms with Crippen molar-refractivity contribution < 1.29 is 4.39 Å². The van der Waals surface area contributed by atoms with Gasteiger partial charge in [0.15, 0.2) is 4.77 Å². The van der Waals surface area contributed by atoms with Crippen LogP contribution < -0.4 is 0 Å². The Balaban J connectivity index is 2.29. The first-order valence-electron chi connectivity index (χ1n) is 5.78. The van der Waals surface area contributed by atoms with E-state index in [1.165, 1.54) is 6.07 Å². The maximum atomic E-state index is 13.6. The predicted molar refractivity (Wildman–Crippen MR) is 82.4 cm³/mol. The Hall–Kier alpha value is -0.330. The summed E-state index contributed by atoms with van der Waals surface area (Å²) in [7, 11) is 0. The van der Waals surface area contributed by atoms with E-state index in [4.69, 9.17) is 12.2 Å². The van der Waals surface area contributed by atoms with Gasteiger partial charge >= 0.3 is 0 Å². The SMILES string of the molecule is CCSCCCn1c(=S)[nH]c2cc(Br)c(F)cc21. The molecule has 1 heterocycles. The second kappa shape index (κ2) is 6.21. The Bertz CT molecular complexity index is 606. The Morgan fingerprint density at radius 2 is 2.28 bits per heavy atom. The van der Waals surface area contributed by atoms with Crippen molar-refractivity contribution in [2.45, 2.75) is 19.9 Å². The molecule has 0 saturated carbocycles. The van der Waals surface area contributed by atoms with Crippen LogP contribution in [0.5, 0.6) is 0 Å². The van der Waals surface area contributed by atoms with E-state index < -0.39 is 0 Å². The van der Waals surface area contributed by atoms with Gasteiger partial charge in [-0.25, -0.2) is 4.39 Å². The molecule has 1 N–H and O–H groups in total. The van der Waals surface area contributed by atoms with Crippen LogP contribution in [0.25, 0.3) is 11.0 Å². The zero-order valence-electron chi connectivity index (χ0n) is 10.0. The molecule has 0 bridgehead atoms. The number of benzene rings is 1. The molecule has 2 aromatic rings. The standard InChI is InChI=1S/C12H14BrFN2S2/c1-2-18-5-3-4-16-11-7-9(14)8(13)6-10(11)15-12(16)17/h6-7H,2-5H2,1H3,(H,15,17). The molecule has 0 unspecified atom stereocenters. The molecule has 18 heavy (non-hydrogen) atoms. The first kappa shape index (κ1) is 14.1. The Morgan fingerprint density at radius 1 is 1.50 bits per heavy atom. The minimum Gasteiger partial charge on any atom is -0.331 e. The normalized spacial score (nSPS) is 11.3. The number of halogens is 2. The Kier molecular flexibility index (Phi) is 4.86. The topological polar surface area (TPSA) is 20.7 Å². The van der Waals surface area contributed by atoms with Gasteiger partial charge in [0.25, 0.3) is 0 Å². The fourth-order valence-corrected chi connectivity index (χ4v) is 3.11. The number of aromatic nitrogens is 2. The number of imidazole rings is 1. The molecule has 0 radical (unpaired) electrons. The minimum atomic E-state index is -0.256. The van der Waals surface area contributed by atoms with Crippen LogP contribution in [0.4, 0.5) is 4.39 Å². The molecule has 2 rings (SSSR count). The second-order valence-corrected chi connectivity index (χ2v) is 6.55. The molecular weight excluding hydrogens is 335 g/mol. The number of aromatic amines is 1. The fourth-order valence-electron chi connectivity index (χ4n) is 1.84. The van der Waals surface area contributed by atoms with Gasteiger partial charge in [-0.15, -0.1) is 0 Å². The van der Waals surface area contributed by atoms with Crippen molar-refractivity contribution in [1.29, 1.82) is 0 Å². The molecule has 0 aliphatic carbocycles. The number of fused-ring (bicyclic) bond motifs is 1. The lowest BCUT2D eigenvalue weighted by molar-refractivity contribution is 0.620. The number of hydrogen-bond donors (Lipinski definition) is 1. The lowest BCUT2D eigenvalue weighted by atomic mass is 10.3. The fraction of sp³-hybridized carbons (Fsp3) is 0.417. The summed E-state index contributed by atoms with van der Waals surface area (Å²) in [6.45, 7) is 2.97. The van der Waals surface area contributed by atoms with E-state index in [1.807, 2.05) is 16.3 Å². The summed E-state index contributed by atoms with van der Waals surface area (Å²) >= 11 is 10.4. The van der Waals surface area contributed by atoms with E-state index in [9.17, 15) is 4.39 Å². The maximum absolute atomic E-state index is 13.6. The summed E-state index contributed by atoms with van der Waals surface area (Å²) in [5, 5.41) is 0. The highest BCUT2D eigenvalue weighted by atomic mass is 79.9. The average molecular weight is 349 g/mol. The Labute approximate surface area is 123 Å².